The van der Waals surface area contributed by atoms with Gasteiger partial charge < -0.3 is 5.11 Å². The Hall–Kier alpha value is -0.300. The molecule has 11 heavy (non-hydrogen) atoms. The van der Waals surface area contributed by atoms with Gasteiger partial charge >= 0.3 is 0 Å². The van der Waals surface area contributed by atoms with Crippen LogP contribution in [0.4, 0.5) is 0 Å². The maximum Gasteiger partial charge on any atom is 0.0542 e. The Morgan fingerprint density at radius 3 is 2.27 bits per heavy atom. The fourth-order valence-corrected chi connectivity index (χ4v) is 1.40. The molecule has 0 unspecified atom stereocenters. The lowest BCUT2D eigenvalue weighted by molar-refractivity contribution is 0.106. The van der Waals surface area contributed by atoms with E-state index in [2.05, 4.69) is 13.5 Å². The number of aliphatic hydroxyl groups excluding tert-OH is 1. The molecule has 2 atom stereocenters. The summed E-state index contributed by atoms with van der Waals surface area (Å²) in [6.45, 7) is 7.46. The highest BCUT2D eigenvalue weighted by Gasteiger charge is 2.15. The molecule has 1 saturated carbocycles. The Labute approximate surface area is 70.1 Å². The predicted octanol–water partition coefficient (Wildman–Crippen LogP) is 2.75. The molecule has 1 aliphatic rings. The molecule has 0 aliphatic heterocycles. The van der Waals surface area contributed by atoms with Gasteiger partial charge in [-0.25, -0.2) is 0 Å². The second-order valence-corrected chi connectivity index (χ2v) is 3.33. The van der Waals surface area contributed by atoms with Crippen molar-refractivity contribution in [2.45, 2.75) is 45.6 Å². The van der Waals surface area contributed by atoms with Gasteiger partial charge in [0, 0.05) is 0 Å². The summed E-state index contributed by atoms with van der Waals surface area (Å²) in [6, 6.07) is 0. The minimum absolute atomic E-state index is 0.0127. The molecule has 1 fully saturated rings. The third-order valence-corrected chi connectivity index (χ3v) is 1.91. The van der Waals surface area contributed by atoms with Crippen LogP contribution in [-0.4, -0.2) is 11.2 Å². The van der Waals surface area contributed by atoms with Crippen molar-refractivity contribution in [2.75, 3.05) is 0 Å². The van der Waals surface area contributed by atoms with E-state index in [0.29, 0.717) is 0 Å². The van der Waals surface area contributed by atoms with Gasteiger partial charge in [-0.1, -0.05) is 25.8 Å². The van der Waals surface area contributed by atoms with E-state index in [9.17, 15) is 0 Å². The van der Waals surface area contributed by atoms with Crippen LogP contribution in [0.3, 0.4) is 0 Å². The smallest absolute Gasteiger partial charge is 0.0542 e. The average molecular weight is 156 g/mol. The summed E-state index contributed by atoms with van der Waals surface area (Å²) < 4.78 is 0. The molecule has 1 rings (SSSR count). The van der Waals surface area contributed by atoms with E-state index < -0.39 is 0 Å². The second kappa shape index (κ2) is 6.41. The highest BCUT2D eigenvalue weighted by Crippen LogP contribution is 2.22. The van der Waals surface area contributed by atoms with Crippen molar-refractivity contribution in [3.63, 3.8) is 0 Å². The van der Waals surface area contributed by atoms with Crippen LogP contribution in [0.25, 0.3) is 0 Å². The molecule has 1 heteroatoms. The Kier molecular flexibility index (Phi) is 6.24. The molecule has 1 aliphatic carbocycles. The number of hydrogen-bond acceptors (Lipinski definition) is 1. The zero-order valence-corrected chi connectivity index (χ0v) is 7.71. The lowest BCUT2D eigenvalue weighted by Gasteiger charge is -2.21. The standard InChI is InChI=1S/C7H14O.C3H6/c1-6-3-2-4-7(8)5-6;1-3-2/h6-8H,2-5H2,1H3;3H,1H2,2H3/t6-,7+;/m1./s1. The van der Waals surface area contributed by atoms with Crippen molar-refractivity contribution >= 4 is 0 Å². The van der Waals surface area contributed by atoms with Crippen LogP contribution in [-0.2, 0) is 0 Å². The van der Waals surface area contributed by atoms with Gasteiger partial charge in [0.15, 0.2) is 0 Å². The van der Waals surface area contributed by atoms with E-state index in [1.54, 1.807) is 6.08 Å². The summed E-state index contributed by atoms with van der Waals surface area (Å²) in [5.41, 5.74) is 0. The first-order valence-corrected chi connectivity index (χ1v) is 4.45. The Bertz CT molecular complexity index is 91.0. The van der Waals surface area contributed by atoms with Crippen molar-refractivity contribution in [1.82, 2.24) is 0 Å². The third kappa shape index (κ3) is 6.11. The molecule has 0 saturated heterocycles. The van der Waals surface area contributed by atoms with Gasteiger partial charge in [-0.15, -0.1) is 6.58 Å². The SMILES string of the molecule is C=CC.C[C@@H]1CCC[C@H](O)C1. The lowest BCUT2D eigenvalue weighted by atomic mass is 9.89. The molecular weight excluding hydrogens is 136 g/mol. The van der Waals surface area contributed by atoms with Gasteiger partial charge in [0.05, 0.1) is 6.10 Å². The van der Waals surface area contributed by atoms with Gasteiger partial charge in [-0.3, -0.25) is 0 Å². The maximum atomic E-state index is 9.08. The van der Waals surface area contributed by atoms with Crippen molar-refractivity contribution in [1.29, 1.82) is 0 Å². The van der Waals surface area contributed by atoms with Crippen molar-refractivity contribution in [3.05, 3.63) is 12.7 Å². The van der Waals surface area contributed by atoms with Crippen LogP contribution in [0, 0.1) is 5.92 Å². The van der Waals surface area contributed by atoms with Crippen LogP contribution < -0.4 is 0 Å². The van der Waals surface area contributed by atoms with E-state index >= 15 is 0 Å². The summed E-state index contributed by atoms with van der Waals surface area (Å²) in [5, 5.41) is 9.08. The number of hydrogen-bond donors (Lipinski definition) is 1. The summed E-state index contributed by atoms with van der Waals surface area (Å²) >= 11 is 0. The first-order chi connectivity index (χ1) is 5.20. The highest BCUT2D eigenvalue weighted by molar-refractivity contribution is 4.67. The van der Waals surface area contributed by atoms with E-state index in [4.69, 9.17) is 5.11 Å². The molecule has 66 valence electrons. The third-order valence-electron chi connectivity index (χ3n) is 1.91. The molecular formula is C10H20O. The van der Waals surface area contributed by atoms with E-state index in [-0.39, 0.29) is 6.10 Å². The number of aliphatic hydroxyl groups is 1. The van der Waals surface area contributed by atoms with Crippen LogP contribution in [0.1, 0.15) is 39.5 Å². The van der Waals surface area contributed by atoms with E-state index in [0.717, 1.165) is 18.8 Å². The van der Waals surface area contributed by atoms with Gasteiger partial charge in [0.2, 0.25) is 0 Å². The summed E-state index contributed by atoms with van der Waals surface area (Å²) in [4.78, 5) is 0. The molecule has 0 spiro atoms. The molecule has 1 N–H and O–H groups in total. The van der Waals surface area contributed by atoms with Crippen molar-refractivity contribution < 1.29 is 5.11 Å². The number of allylic oxidation sites excluding steroid dienone is 1. The molecule has 0 bridgehead atoms. The average Bonchev–Trinajstić information content (AvgIpc) is 1.88. The Morgan fingerprint density at radius 1 is 1.45 bits per heavy atom. The normalized spacial score (nSPS) is 30.1. The molecule has 1 nitrogen and oxygen atoms in total. The summed E-state index contributed by atoms with van der Waals surface area (Å²) in [5.74, 6) is 0.763. The Balaban J connectivity index is 0.000000292. The molecule has 0 amide bonds. The zero-order chi connectivity index (χ0) is 8.69. The highest BCUT2D eigenvalue weighted by atomic mass is 16.3. The topological polar surface area (TPSA) is 20.2 Å². The van der Waals surface area contributed by atoms with Crippen molar-refractivity contribution in [3.8, 4) is 0 Å². The summed E-state index contributed by atoms with van der Waals surface area (Å²) in [6.07, 6.45) is 6.36. The van der Waals surface area contributed by atoms with Gasteiger partial charge in [-0.2, -0.15) is 0 Å². The zero-order valence-electron chi connectivity index (χ0n) is 7.71. The fourth-order valence-electron chi connectivity index (χ4n) is 1.40. The van der Waals surface area contributed by atoms with Crippen LogP contribution >= 0.6 is 0 Å². The fraction of sp³-hybridized carbons (Fsp3) is 0.800. The number of rotatable bonds is 0. The second-order valence-electron chi connectivity index (χ2n) is 3.33. The van der Waals surface area contributed by atoms with Gasteiger partial charge in [0.1, 0.15) is 0 Å². The minimum Gasteiger partial charge on any atom is -0.393 e. The van der Waals surface area contributed by atoms with Crippen LogP contribution in [0.15, 0.2) is 12.7 Å². The quantitative estimate of drug-likeness (QED) is 0.535. The first kappa shape index (κ1) is 10.7. The first-order valence-electron chi connectivity index (χ1n) is 4.45. The summed E-state index contributed by atoms with van der Waals surface area (Å²) in [7, 11) is 0. The van der Waals surface area contributed by atoms with E-state index in [1.807, 2.05) is 6.92 Å². The molecule has 0 heterocycles. The van der Waals surface area contributed by atoms with Gasteiger partial charge in [0.25, 0.3) is 0 Å². The van der Waals surface area contributed by atoms with Crippen LogP contribution in [0.5, 0.6) is 0 Å². The molecule has 0 radical (unpaired) electrons. The van der Waals surface area contributed by atoms with Crippen LogP contribution in [0.2, 0.25) is 0 Å². The Morgan fingerprint density at radius 2 is 2.00 bits per heavy atom. The van der Waals surface area contributed by atoms with Crippen molar-refractivity contribution in [2.24, 2.45) is 5.92 Å². The molecule has 0 aromatic rings. The maximum absolute atomic E-state index is 9.08. The van der Waals surface area contributed by atoms with Gasteiger partial charge in [-0.05, 0) is 25.7 Å². The molecule has 0 aromatic carbocycles. The lowest BCUT2D eigenvalue weighted by Crippen LogP contribution is -2.16. The minimum atomic E-state index is 0.0127. The monoisotopic (exact) mass is 156 g/mol. The predicted molar refractivity (Wildman–Crippen MR) is 49.5 cm³/mol. The largest absolute Gasteiger partial charge is 0.393 e. The van der Waals surface area contributed by atoms with E-state index in [1.165, 1.54) is 12.8 Å². The molecule has 0 aromatic heterocycles.